The van der Waals surface area contributed by atoms with Gasteiger partial charge in [0.25, 0.3) is 0 Å². The van der Waals surface area contributed by atoms with E-state index < -0.39 is 0 Å². The fraction of sp³-hybridized carbons (Fsp3) is 0.154. The first kappa shape index (κ1) is 9.67. The molecule has 0 radical (unpaired) electrons. The number of aromatic nitrogens is 2. The molecule has 1 aromatic heterocycles. The van der Waals surface area contributed by atoms with Gasteiger partial charge in [0.1, 0.15) is 0 Å². The molecule has 0 aliphatic rings. The summed E-state index contributed by atoms with van der Waals surface area (Å²) in [6.07, 6.45) is 1.88. The summed E-state index contributed by atoms with van der Waals surface area (Å²) in [7, 11) is 0. The minimum Gasteiger partial charge on any atom is -0.331 e. The van der Waals surface area contributed by atoms with E-state index in [1.54, 1.807) is 0 Å². The largest absolute Gasteiger partial charge is 0.331 e. The summed E-state index contributed by atoms with van der Waals surface area (Å²) in [6, 6.07) is 10.2. The van der Waals surface area contributed by atoms with E-state index in [1.807, 2.05) is 24.5 Å². The minimum atomic E-state index is 0.766. The Hall–Kier alpha value is -1.54. The summed E-state index contributed by atoms with van der Waals surface area (Å²) < 4.78 is 2.14. The maximum Gasteiger partial charge on any atom is 0.0958 e. The van der Waals surface area contributed by atoms with E-state index in [4.69, 9.17) is 11.6 Å². The van der Waals surface area contributed by atoms with E-state index in [2.05, 4.69) is 28.6 Å². The molecule has 0 atom stereocenters. The van der Waals surface area contributed by atoms with Crippen LogP contribution in [0.1, 0.15) is 6.92 Å². The Labute approximate surface area is 98.5 Å². The van der Waals surface area contributed by atoms with E-state index in [1.165, 1.54) is 10.9 Å². The maximum atomic E-state index is 5.98. The highest BCUT2D eigenvalue weighted by atomic mass is 35.5. The first-order chi connectivity index (χ1) is 7.78. The Kier molecular flexibility index (Phi) is 2.11. The number of imidazole rings is 1. The quantitative estimate of drug-likeness (QED) is 0.621. The molecule has 3 rings (SSSR count). The molecular weight excluding hydrogens is 220 g/mol. The second kappa shape index (κ2) is 3.49. The molecule has 16 heavy (non-hydrogen) atoms. The van der Waals surface area contributed by atoms with E-state index >= 15 is 0 Å². The summed E-state index contributed by atoms with van der Waals surface area (Å²) in [6.45, 7) is 3.06. The van der Waals surface area contributed by atoms with Gasteiger partial charge < -0.3 is 4.57 Å². The highest BCUT2D eigenvalue weighted by molar-refractivity contribution is 6.31. The van der Waals surface area contributed by atoms with Crippen molar-refractivity contribution in [1.29, 1.82) is 0 Å². The summed E-state index contributed by atoms with van der Waals surface area (Å²) in [5.74, 6) is 0. The SMILES string of the molecule is CCn1cnc2cc3cc(Cl)ccc3cc21. The van der Waals surface area contributed by atoms with Crippen LogP contribution < -0.4 is 0 Å². The molecule has 0 aliphatic carbocycles. The monoisotopic (exact) mass is 230 g/mol. The average molecular weight is 231 g/mol. The molecule has 1 heterocycles. The van der Waals surface area contributed by atoms with Crippen molar-refractivity contribution in [2.24, 2.45) is 0 Å². The van der Waals surface area contributed by atoms with Crippen molar-refractivity contribution < 1.29 is 0 Å². The number of benzene rings is 2. The van der Waals surface area contributed by atoms with Gasteiger partial charge in [0.15, 0.2) is 0 Å². The normalized spacial score (nSPS) is 11.4. The molecule has 0 saturated heterocycles. The van der Waals surface area contributed by atoms with Gasteiger partial charge in [-0.2, -0.15) is 0 Å². The molecular formula is C13H11ClN2. The highest BCUT2D eigenvalue weighted by Gasteiger charge is 2.03. The minimum absolute atomic E-state index is 0.766. The molecule has 0 fully saturated rings. The van der Waals surface area contributed by atoms with Crippen LogP contribution in [0.25, 0.3) is 21.8 Å². The predicted octanol–water partition coefficient (Wildman–Crippen LogP) is 3.86. The standard InChI is InChI=1S/C13H11ClN2/c1-2-16-8-15-12-6-10-5-11(14)4-3-9(10)7-13(12)16/h3-8H,2H2,1H3. The number of halogens is 1. The lowest BCUT2D eigenvalue weighted by atomic mass is 10.1. The summed E-state index contributed by atoms with van der Waals surface area (Å²) in [4.78, 5) is 4.39. The van der Waals surface area contributed by atoms with Crippen LogP contribution in [0.4, 0.5) is 0 Å². The van der Waals surface area contributed by atoms with Gasteiger partial charge in [0.05, 0.1) is 17.4 Å². The van der Waals surface area contributed by atoms with Crippen LogP contribution in [0, 0.1) is 0 Å². The van der Waals surface area contributed by atoms with Crippen LogP contribution in [-0.2, 0) is 6.54 Å². The van der Waals surface area contributed by atoms with Crippen molar-refractivity contribution in [3.8, 4) is 0 Å². The zero-order valence-electron chi connectivity index (χ0n) is 8.94. The van der Waals surface area contributed by atoms with Crippen molar-refractivity contribution in [3.05, 3.63) is 41.7 Å². The lowest BCUT2D eigenvalue weighted by Crippen LogP contribution is -1.90. The van der Waals surface area contributed by atoms with Gasteiger partial charge in [-0.25, -0.2) is 4.98 Å². The molecule has 2 aromatic carbocycles. The van der Waals surface area contributed by atoms with Gasteiger partial charge in [-0.05, 0) is 42.0 Å². The van der Waals surface area contributed by atoms with Gasteiger partial charge in [-0.15, -0.1) is 0 Å². The van der Waals surface area contributed by atoms with Crippen LogP contribution in [0.15, 0.2) is 36.7 Å². The Morgan fingerprint density at radius 3 is 2.88 bits per heavy atom. The average Bonchev–Trinajstić information content (AvgIpc) is 2.68. The number of aryl methyl sites for hydroxylation is 1. The lowest BCUT2D eigenvalue weighted by molar-refractivity contribution is 0.787. The van der Waals surface area contributed by atoms with E-state index in [0.717, 1.165) is 22.5 Å². The Morgan fingerprint density at radius 1 is 1.19 bits per heavy atom. The molecule has 3 heteroatoms. The Bertz CT molecular complexity index is 670. The molecule has 0 saturated carbocycles. The molecule has 0 spiro atoms. The third kappa shape index (κ3) is 1.38. The van der Waals surface area contributed by atoms with Gasteiger partial charge in [-0.1, -0.05) is 17.7 Å². The van der Waals surface area contributed by atoms with Gasteiger partial charge in [-0.3, -0.25) is 0 Å². The first-order valence-corrected chi connectivity index (χ1v) is 5.70. The Balaban J connectivity index is 2.41. The number of hydrogen-bond donors (Lipinski definition) is 0. The predicted molar refractivity (Wildman–Crippen MR) is 67.9 cm³/mol. The molecule has 0 aliphatic heterocycles. The molecule has 3 aromatic rings. The van der Waals surface area contributed by atoms with Crippen molar-refractivity contribution in [2.75, 3.05) is 0 Å². The van der Waals surface area contributed by atoms with Crippen molar-refractivity contribution >= 4 is 33.4 Å². The van der Waals surface area contributed by atoms with Crippen LogP contribution in [0.3, 0.4) is 0 Å². The van der Waals surface area contributed by atoms with Crippen molar-refractivity contribution in [3.63, 3.8) is 0 Å². The maximum absolute atomic E-state index is 5.98. The third-order valence-corrected chi connectivity index (χ3v) is 3.12. The smallest absolute Gasteiger partial charge is 0.0958 e. The van der Waals surface area contributed by atoms with Crippen LogP contribution in [0.2, 0.25) is 5.02 Å². The lowest BCUT2D eigenvalue weighted by Gasteiger charge is -2.02. The van der Waals surface area contributed by atoms with Crippen LogP contribution in [-0.4, -0.2) is 9.55 Å². The van der Waals surface area contributed by atoms with Crippen LogP contribution >= 0.6 is 11.6 Å². The molecule has 0 N–H and O–H groups in total. The summed E-state index contributed by atoms with van der Waals surface area (Å²) in [5.41, 5.74) is 2.20. The third-order valence-electron chi connectivity index (χ3n) is 2.88. The van der Waals surface area contributed by atoms with E-state index in [-0.39, 0.29) is 0 Å². The number of rotatable bonds is 1. The fourth-order valence-corrected chi connectivity index (χ4v) is 2.20. The number of hydrogen-bond acceptors (Lipinski definition) is 1. The molecule has 0 bridgehead atoms. The Morgan fingerprint density at radius 2 is 2.06 bits per heavy atom. The second-order valence-electron chi connectivity index (χ2n) is 3.86. The zero-order chi connectivity index (χ0) is 11.1. The fourth-order valence-electron chi connectivity index (χ4n) is 2.02. The molecule has 0 amide bonds. The second-order valence-corrected chi connectivity index (χ2v) is 4.30. The summed E-state index contributed by atoms with van der Waals surface area (Å²) in [5, 5.41) is 3.11. The van der Waals surface area contributed by atoms with E-state index in [9.17, 15) is 0 Å². The van der Waals surface area contributed by atoms with Gasteiger partial charge in [0, 0.05) is 11.6 Å². The van der Waals surface area contributed by atoms with Crippen molar-refractivity contribution in [2.45, 2.75) is 13.5 Å². The van der Waals surface area contributed by atoms with Gasteiger partial charge >= 0.3 is 0 Å². The molecule has 2 nitrogen and oxygen atoms in total. The van der Waals surface area contributed by atoms with Crippen LogP contribution in [0.5, 0.6) is 0 Å². The highest BCUT2D eigenvalue weighted by Crippen LogP contribution is 2.24. The summed E-state index contributed by atoms with van der Waals surface area (Å²) >= 11 is 5.98. The number of nitrogens with zero attached hydrogens (tertiary/aromatic N) is 2. The van der Waals surface area contributed by atoms with Gasteiger partial charge in [0.2, 0.25) is 0 Å². The zero-order valence-corrected chi connectivity index (χ0v) is 9.70. The van der Waals surface area contributed by atoms with E-state index in [0.29, 0.717) is 0 Å². The first-order valence-electron chi connectivity index (χ1n) is 5.32. The molecule has 0 unspecified atom stereocenters. The topological polar surface area (TPSA) is 17.8 Å². The number of fused-ring (bicyclic) bond motifs is 2. The molecule has 80 valence electrons. The van der Waals surface area contributed by atoms with Crippen molar-refractivity contribution in [1.82, 2.24) is 9.55 Å².